The quantitative estimate of drug-likeness (QED) is 0.608. The predicted octanol–water partition coefficient (Wildman–Crippen LogP) is 4.90. The van der Waals surface area contributed by atoms with Crippen LogP contribution in [0.5, 0.6) is 5.75 Å². The van der Waals surface area contributed by atoms with Gasteiger partial charge in [0.05, 0.1) is 6.04 Å². The van der Waals surface area contributed by atoms with Gasteiger partial charge in [0, 0.05) is 18.7 Å². The van der Waals surface area contributed by atoms with Gasteiger partial charge in [-0.1, -0.05) is 55.5 Å². The molecule has 0 spiro atoms. The average Bonchev–Trinajstić information content (AvgIpc) is 2.82. The Bertz CT molecular complexity index is 1110. The van der Waals surface area contributed by atoms with Crippen LogP contribution in [0.3, 0.4) is 0 Å². The highest BCUT2D eigenvalue weighted by Gasteiger charge is 2.31. The summed E-state index contributed by atoms with van der Waals surface area (Å²) in [7, 11) is 0. The monoisotopic (exact) mass is 428 g/mol. The fourth-order valence-electron chi connectivity index (χ4n) is 4.22. The Kier molecular flexibility index (Phi) is 6.55. The van der Waals surface area contributed by atoms with Crippen molar-refractivity contribution in [1.82, 2.24) is 4.90 Å². The van der Waals surface area contributed by atoms with Crippen LogP contribution in [0.4, 0.5) is 5.69 Å². The Morgan fingerprint density at radius 2 is 1.84 bits per heavy atom. The molecule has 0 radical (unpaired) electrons. The molecule has 2 amide bonds. The first kappa shape index (κ1) is 21.6. The first-order chi connectivity index (χ1) is 15.5. The van der Waals surface area contributed by atoms with Crippen molar-refractivity contribution in [3.63, 3.8) is 0 Å². The van der Waals surface area contributed by atoms with E-state index < -0.39 is 0 Å². The average molecular weight is 429 g/mol. The second kappa shape index (κ2) is 9.69. The zero-order valence-electron chi connectivity index (χ0n) is 18.5. The van der Waals surface area contributed by atoms with Crippen LogP contribution < -0.4 is 10.1 Å². The van der Waals surface area contributed by atoms with Gasteiger partial charge in [0.2, 0.25) is 5.91 Å². The molecule has 0 aliphatic carbocycles. The van der Waals surface area contributed by atoms with E-state index in [9.17, 15) is 9.59 Å². The molecular weight excluding hydrogens is 400 g/mol. The van der Waals surface area contributed by atoms with E-state index >= 15 is 0 Å². The standard InChI is InChI=1S/C27H28N2O3/c1-3-26(31)29-15-14-20-12-13-23(17-24(20)27(29)21-9-5-4-6-10-21)32-18-25(30)28-22-11-7-8-19(2)16-22/h4-13,16-17,27H,3,14-15,18H2,1-2H3,(H,28,30). The van der Waals surface area contributed by atoms with Gasteiger partial charge in [-0.15, -0.1) is 0 Å². The van der Waals surface area contributed by atoms with Crippen molar-refractivity contribution in [3.8, 4) is 5.75 Å². The molecule has 0 saturated carbocycles. The lowest BCUT2D eigenvalue weighted by Crippen LogP contribution is -2.40. The van der Waals surface area contributed by atoms with Crippen LogP contribution in [0.25, 0.3) is 0 Å². The second-order valence-electron chi connectivity index (χ2n) is 8.07. The maximum absolute atomic E-state index is 12.7. The molecule has 4 rings (SSSR count). The molecular formula is C27H28N2O3. The van der Waals surface area contributed by atoms with Gasteiger partial charge in [0.1, 0.15) is 5.75 Å². The lowest BCUT2D eigenvalue weighted by molar-refractivity contribution is -0.132. The van der Waals surface area contributed by atoms with E-state index in [0.717, 1.165) is 28.8 Å². The van der Waals surface area contributed by atoms with Crippen LogP contribution in [-0.4, -0.2) is 29.9 Å². The van der Waals surface area contributed by atoms with Crippen LogP contribution >= 0.6 is 0 Å². The molecule has 0 fully saturated rings. The van der Waals surface area contributed by atoms with Gasteiger partial charge in [-0.3, -0.25) is 9.59 Å². The summed E-state index contributed by atoms with van der Waals surface area (Å²) >= 11 is 0. The van der Waals surface area contributed by atoms with E-state index in [4.69, 9.17) is 4.74 Å². The topological polar surface area (TPSA) is 58.6 Å². The summed E-state index contributed by atoms with van der Waals surface area (Å²) in [5.74, 6) is 0.541. The number of nitrogens with one attached hydrogen (secondary N) is 1. The van der Waals surface area contributed by atoms with Crippen molar-refractivity contribution < 1.29 is 14.3 Å². The molecule has 5 nitrogen and oxygen atoms in total. The van der Waals surface area contributed by atoms with Crippen molar-refractivity contribution in [2.45, 2.75) is 32.7 Å². The van der Waals surface area contributed by atoms with Crippen LogP contribution in [0.1, 0.15) is 41.6 Å². The predicted molar refractivity (Wildman–Crippen MR) is 126 cm³/mol. The summed E-state index contributed by atoms with van der Waals surface area (Å²) in [6.07, 6.45) is 1.27. The molecule has 1 heterocycles. The Labute approximate surface area is 189 Å². The van der Waals surface area contributed by atoms with Crippen molar-refractivity contribution in [2.75, 3.05) is 18.5 Å². The van der Waals surface area contributed by atoms with E-state index in [1.54, 1.807) is 0 Å². The third kappa shape index (κ3) is 4.83. The molecule has 1 N–H and O–H groups in total. The van der Waals surface area contributed by atoms with E-state index in [0.29, 0.717) is 18.7 Å². The molecule has 1 aliphatic heterocycles. The van der Waals surface area contributed by atoms with Crippen LogP contribution in [0.15, 0.2) is 72.8 Å². The van der Waals surface area contributed by atoms with Gasteiger partial charge < -0.3 is 15.0 Å². The van der Waals surface area contributed by atoms with Crippen LogP contribution in [0, 0.1) is 6.92 Å². The van der Waals surface area contributed by atoms with Gasteiger partial charge in [-0.2, -0.15) is 0 Å². The van der Waals surface area contributed by atoms with Crippen molar-refractivity contribution in [1.29, 1.82) is 0 Å². The second-order valence-corrected chi connectivity index (χ2v) is 8.07. The van der Waals surface area contributed by atoms with E-state index in [1.165, 1.54) is 5.56 Å². The number of aryl methyl sites for hydroxylation is 1. The first-order valence-electron chi connectivity index (χ1n) is 11.0. The van der Waals surface area contributed by atoms with Gasteiger partial charge in [0.25, 0.3) is 5.91 Å². The summed E-state index contributed by atoms with van der Waals surface area (Å²) in [6, 6.07) is 23.5. The SMILES string of the molecule is CCC(=O)N1CCc2ccc(OCC(=O)Nc3cccc(C)c3)cc2C1c1ccccc1. The van der Waals surface area contributed by atoms with E-state index in [-0.39, 0.29) is 24.5 Å². The minimum atomic E-state index is -0.212. The number of ether oxygens (including phenoxy) is 1. The van der Waals surface area contributed by atoms with Crippen molar-refractivity contribution in [2.24, 2.45) is 0 Å². The minimum Gasteiger partial charge on any atom is -0.484 e. The molecule has 0 saturated heterocycles. The summed E-state index contributed by atoms with van der Waals surface area (Å²) in [5, 5.41) is 2.86. The van der Waals surface area contributed by atoms with Gasteiger partial charge in [-0.05, 0) is 59.9 Å². The summed E-state index contributed by atoms with van der Waals surface area (Å²) in [4.78, 5) is 27.0. The molecule has 5 heteroatoms. The number of nitrogens with zero attached hydrogens (tertiary/aromatic N) is 1. The Balaban J connectivity index is 1.54. The number of benzene rings is 3. The summed E-state index contributed by atoms with van der Waals surface area (Å²) in [5.41, 5.74) is 5.17. The Hall–Kier alpha value is -3.60. The normalized spacial score (nSPS) is 15.1. The molecule has 1 aliphatic rings. The first-order valence-corrected chi connectivity index (χ1v) is 11.0. The van der Waals surface area contributed by atoms with E-state index in [1.807, 2.05) is 79.4 Å². The zero-order valence-corrected chi connectivity index (χ0v) is 18.5. The lowest BCUT2D eigenvalue weighted by Gasteiger charge is -2.38. The highest BCUT2D eigenvalue weighted by Crippen LogP contribution is 2.37. The van der Waals surface area contributed by atoms with Gasteiger partial charge >= 0.3 is 0 Å². The van der Waals surface area contributed by atoms with Crippen LogP contribution in [-0.2, 0) is 16.0 Å². The largest absolute Gasteiger partial charge is 0.484 e. The van der Waals surface area contributed by atoms with Crippen LogP contribution in [0.2, 0.25) is 0 Å². The highest BCUT2D eigenvalue weighted by atomic mass is 16.5. The minimum absolute atomic E-state index is 0.0830. The number of fused-ring (bicyclic) bond motifs is 1. The highest BCUT2D eigenvalue weighted by molar-refractivity contribution is 5.91. The number of carbonyl (C=O) groups excluding carboxylic acids is 2. The number of hydrogen-bond acceptors (Lipinski definition) is 3. The molecule has 3 aromatic rings. The van der Waals surface area contributed by atoms with Gasteiger partial charge in [-0.25, -0.2) is 0 Å². The third-order valence-corrected chi connectivity index (χ3v) is 5.76. The molecule has 0 aromatic heterocycles. The molecule has 0 bridgehead atoms. The van der Waals surface area contributed by atoms with Crippen molar-refractivity contribution in [3.05, 3.63) is 95.1 Å². The number of anilines is 1. The smallest absolute Gasteiger partial charge is 0.262 e. The number of carbonyl (C=O) groups is 2. The maximum Gasteiger partial charge on any atom is 0.262 e. The zero-order chi connectivity index (χ0) is 22.5. The molecule has 1 atom stereocenters. The summed E-state index contributed by atoms with van der Waals surface area (Å²) < 4.78 is 5.83. The van der Waals surface area contributed by atoms with Crippen molar-refractivity contribution >= 4 is 17.5 Å². The van der Waals surface area contributed by atoms with Gasteiger partial charge in [0.15, 0.2) is 6.61 Å². The fraction of sp³-hybridized carbons (Fsp3) is 0.259. The maximum atomic E-state index is 12.7. The molecule has 32 heavy (non-hydrogen) atoms. The fourth-order valence-corrected chi connectivity index (χ4v) is 4.22. The summed E-state index contributed by atoms with van der Waals surface area (Å²) in [6.45, 7) is 4.49. The number of hydrogen-bond donors (Lipinski definition) is 1. The number of amides is 2. The lowest BCUT2D eigenvalue weighted by atomic mass is 9.87. The molecule has 1 unspecified atom stereocenters. The Morgan fingerprint density at radius 1 is 1.03 bits per heavy atom. The Morgan fingerprint density at radius 3 is 2.59 bits per heavy atom. The van der Waals surface area contributed by atoms with E-state index in [2.05, 4.69) is 17.4 Å². The third-order valence-electron chi connectivity index (χ3n) is 5.76. The molecule has 3 aromatic carbocycles. The molecule has 164 valence electrons. The number of rotatable bonds is 6.